The summed E-state index contributed by atoms with van der Waals surface area (Å²) in [5.74, 6) is -0.147. The van der Waals surface area contributed by atoms with Gasteiger partial charge < -0.3 is 30.7 Å². The molecule has 3 aliphatic heterocycles. The highest BCUT2D eigenvalue weighted by molar-refractivity contribution is 6.00. The lowest BCUT2D eigenvalue weighted by Crippen LogP contribution is -2.48. The van der Waals surface area contributed by atoms with Crippen molar-refractivity contribution in [3.8, 4) is 17.0 Å². The van der Waals surface area contributed by atoms with Crippen LogP contribution in [0.15, 0.2) is 77.6 Å². The van der Waals surface area contributed by atoms with Gasteiger partial charge in [-0.05, 0) is 72.9 Å². The predicted octanol–water partition coefficient (Wildman–Crippen LogP) is 2.84. The second-order valence-corrected chi connectivity index (χ2v) is 16.8. The first-order chi connectivity index (χ1) is 29.7. The number of aryl methyl sites for hydroxylation is 1. The summed E-state index contributed by atoms with van der Waals surface area (Å²) < 4.78 is 9.39. The van der Waals surface area contributed by atoms with Crippen molar-refractivity contribution < 1.29 is 19.4 Å². The van der Waals surface area contributed by atoms with Gasteiger partial charge in [0.2, 0.25) is 11.8 Å². The number of piperazine rings is 2. The second-order valence-electron chi connectivity index (χ2n) is 16.8. The van der Waals surface area contributed by atoms with Crippen molar-refractivity contribution in [3.63, 3.8) is 0 Å². The van der Waals surface area contributed by atoms with Crippen LogP contribution < -0.4 is 31.9 Å². The summed E-state index contributed by atoms with van der Waals surface area (Å²) in [7, 11) is 1.74. The zero-order chi connectivity index (χ0) is 42.0. The molecule has 0 spiro atoms. The van der Waals surface area contributed by atoms with Gasteiger partial charge in [0.15, 0.2) is 5.82 Å². The number of rotatable bonds is 13. The summed E-state index contributed by atoms with van der Waals surface area (Å²) in [4.78, 5) is 46.9. The molecule has 61 heavy (non-hydrogen) atoms. The maximum Gasteiger partial charge on any atom is 0.329 e. The van der Waals surface area contributed by atoms with Gasteiger partial charge in [0.25, 0.3) is 0 Å². The molecular formula is C45H55N11O5. The van der Waals surface area contributed by atoms with Crippen LogP contribution in [0, 0.1) is 0 Å². The number of piperidine rings is 1. The number of ether oxygens (including phenoxy) is 1. The van der Waals surface area contributed by atoms with E-state index in [9.17, 15) is 19.5 Å². The first-order valence-corrected chi connectivity index (χ1v) is 21.5. The quantitative estimate of drug-likeness (QED) is 0.128. The number of amides is 2. The topological polar surface area (TPSA) is 179 Å². The van der Waals surface area contributed by atoms with Gasteiger partial charge in [-0.3, -0.25) is 33.8 Å². The fourth-order valence-electron chi connectivity index (χ4n) is 9.14. The third kappa shape index (κ3) is 8.84. The first-order valence-electron chi connectivity index (χ1n) is 21.5. The molecule has 1 saturated carbocycles. The molecule has 320 valence electrons. The number of anilines is 3. The fraction of sp³-hybridized carbons (Fsp3) is 0.444. The van der Waals surface area contributed by atoms with Crippen LogP contribution in [-0.2, 0) is 34.5 Å². The average molecular weight is 830 g/mol. The number of para-hydroxylation sites is 1. The molecule has 2 amide bonds. The van der Waals surface area contributed by atoms with Crippen molar-refractivity contribution in [2.75, 3.05) is 81.0 Å². The van der Waals surface area contributed by atoms with Crippen molar-refractivity contribution in [1.82, 2.24) is 39.8 Å². The van der Waals surface area contributed by atoms with Crippen molar-refractivity contribution in [2.45, 2.75) is 57.0 Å². The third-order valence-corrected chi connectivity index (χ3v) is 12.9. The van der Waals surface area contributed by atoms with Gasteiger partial charge >= 0.3 is 5.69 Å². The Balaban J connectivity index is 0.658. The molecule has 5 heterocycles. The second kappa shape index (κ2) is 17.7. The number of nitrogens with zero attached hydrogens (tertiary/aromatic N) is 8. The SMILES string of the molecule is Cn1c(=O)n(C2CCC(=O)NC2=O)c2ccc(CN3CCN(CCOC4CC(NCc5ccc(N6CCN(c7cc(-c8ccccc8O)nnc7N)CC6)cc5)C4)CC3)cc21. The molecule has 0 radical (unpaired) electrons. The number of aromatic hydroxyl groups is 1. The summed E-state index contributed by atoms with van der Waals surface area (Å²) in [6.07, 6.45) is 2.94. The molecule has 3 saturated heterocycles. The Morgan fingerprint density at radius 1 is 0.836 bits per heavy atom. The molecule has 0 bridgehead atoms. The van der Waals surface area contributed by atoms with Gasteiger partial charge in [-0.1, -0.05) is 30.3 Å². The van der Waals surface area contributed by atoms with Crippen molar-refractivity contribution in [3.05, 3.63) is 94.4 Å². The van der Waals surface area contributed by atoms with Gasteiger partial charge in [0.1, 0.15) is 11.8 Å². The number of phenolic OH excluding ortho intramolecular Hbond substituents is 1. The predicted molar refractivity (Wildman–Crippen MR) is 234 cm³/mol. The van der Waals surface area contributed by atoms with Crippen LogP contribution in [0.25, 0.3) is 22.3 Å². The largest absolute Gasteiger partial charge is 0.507 e. The van der Waals surface area contributed by atoms with E-state index < -0.39 is 11.9 Å². The molecule has 1 atom stereocenters. The number of fused-ring (bicyclic) bond motifs is 1. The Bertz CT molecular complexity index is 2430. The Kier molecular flexibility index (Phi) is 11.7. The number of benzene rings is 3. The zero-order valence-electron chi connectivity index (χ0n) is 34.7. The van der Waals surface area contributed by atoms with Gasteiger partial charge in [-0.2, -0.15) is 0 Å². The van der Waals surface area contributed by atoms with Crippen LogP contribution >= 0.6 is 0 Å². The van der Waals surface area contributed by atoms with E-state index in [0.717, 1.165) is 108 Å². The van der Waals surface area contributed by atoms with E-state index in [1.165, 1.54) is 15.8 Å². The molecule has 9 rings (SSSR count). The van der Waals surface area contributed by atoms with Crippen LogP contribution in [0.4, 0.5) is 17.2 Å². The van der Waals surface area contributed by atoms with Gasteiger partial charge in [0.05, 0.1) is 35.1 Å². The number of nitrogens with two attached hydrogens (primary N) is 1. The number of phenols is 1. The normalized spacial score (nSPS) is 21.5. The van der Waals surface area contributed by atoms with E-state index >= 15 is 0 Å². The number of aromatic nitrogens is 4. The minimum Gasteiger partial charge on any atom is -0.507 e. The fourth-order valence-corrected chi connectivity index (χ4v) is 9.14. The van der Waals surface area contributed by atoms with Gasteiger partial charge in [0, 0.05) is 103 Å². The minimum absolute atomic E-state index is 0.169. The van der Waals surface area contributed by atoms with E-state index in [0.29, 0.717) is 41.2 Å². The molecule has 1 unspecified atom stereocenters. The summed E-state index contributed by atoms with van der Waals surface area (Å²) >= 11 is 0. The van der Waals surface area contributed by atoms with Gasteiger partial charge in [-0.15, -0.1) is 10.2 Å². The third-order valence-electron chi connectivity index (χ3n) is 12.9. The maximum absolute atomic E-state index is 13.2. The number of carbonyl (C=O) groups is 2. The van der Waals surface area contributed by atoms with Crippen molar-refractivity contribution >= 4 is 40.0 Å². The first kappa shape index (κ1) is 40.6. The smallest absolute Gasteiger partial charge is 0.329 e. The van der Waals surface area contributed by atoms with Crippen LogP contribution in [0.2, 0.25) is 0 Å². The number of imide groups is 1. The lowest BCUT2D eigenvalue weighted by molar-refractivity contribution is -0.135. The Labute approximate surface area is 354 Å². The number of hydrogen-bond donors (Lipinski definition) is 4. The summed E-state index contributed by atoms with van der Waals surface area (Å²) in [5, 5.41) is 24.8. The minimum atomic E-state index is -0.677. The Hall–Kier alpha value is -5.81. The molecule has 16 heteroatoms. The molecular weight excluding hydrogens is 775 g/mol. The van der Waals surface area contributed by atoms with E-state index in [-0.39, 0.29) is 23.8 Å². The Morgan fingerprint density at radius 2 is 1.56 bits per heavy atom. The highest BCUT2D eigenvalue weighted by Crippen LogP contribution is 2.32. The molecule has 5 N–H and O–H groups in total. The molecule has 3 aromatic carbocycles. The standard InChI is InChI=1S/C45H55N11O5/c1-51-39-24-31(8-11-37(39)56(45(51)60)38-12-13-42(58)48-44(38)59)29-53-16-14-52(15-17-53)22-23-61-34-25-32(26-34)47-28-30-6-9-33(10-7-30)54-18-20-55(21-19-54)40-27-36(49-50-43(40)46)35-4-2-3-5-41(35)57/h2-11,24,27,32,34,38,47,57H,12-23,25-26,28-29H2,1H3,(H2,46,50)(H,48,58,59). The van der Waals surface area contributed by atoms with Crippen molar-refractivity contribution in [1.29, 1.82) is 0 Å². The van der Waals surface area contributed by atoms with Crippen molar-refractivity contribution in [2.24, 2.45) is 7.05 Å². The number of nitrogen functional groups attached to an aromatic ring is 1. The van der Waals surface area contributed by atoms with Crippen LogP contribution in [0.3, 0.4) is 0 Å². The average Bonchev–Trinajstić information content (AvgIpc) is 3.50. The summed E-state index contributed by atoms with van der Waals surface area (Å²) in [5.41, 5.74) is 13.2. The molecule has 16 nitrogen and oxygen atoms in total. The number of nitrogens with one attached hydrogen (secondary N) is 2. The lowest BCUT2D eigenvalue weighted by Gasteiger charge is -2.38. The monoisotopic (exact) mass is 829 g/mol. The molecule has 5 aromatic rings. The van der Waals surface area contributed by atoms with Crippen LogP contribution in [0.1, 0.15) is 42.9 Å². The molecule has 4 fully saturated rings. The van der Waals surface area contributed by atoms with E-state index in [1.807, 2.05) is 30.3 Å². The highest BCUT2D eigenvalue weighted by Gasteiger charge is 2.32. The molecule has 2 aromatic heterocycles. The summed E-state index contributed by atoms with van der Waals surface area (Å²) in [6.45, 7) is 10.5. The van der Waals surface area contributed by atoms with E-state index in [2.05, 4.69) is 70.8 Å². The number of imidazole rings is 1. The maximum atomic E-state index is 13.2. The zero-order valence-corrected chi connectivity index (χ0v) is 34.7. The number of hydrogen-bond acceptors (Lipinski definition) is 13. The van der Waals surface area contributed by atoms with Crippen LogP contribution in [-0.4, -0.2) is 124 Å². The molecule has 4 aliphatic rings. The Morgan fingerprint density at radius 3 is 2.31 bits per heavy atom. The lowest BCUT2D eigenvalue weighted by atomic mass is 9.89. The highest BCUT2D eigenvalue weighted by atomic mass is 16.5. The van der Waals surface area contributed by atoms with Crippen LogP contribution in [0.5, 0.6) is 5.75 Å². The van der Waals surface area contributed by atoms with E-state index in [1.54, 1.807) is 23.7 Å². The van der Waals surface area contributed by atoms with E-state index in [4.69, 9.17) is 10.5 Å². The summed E-state index contributed by atoms with van der Waals surface area (Å²) in [6, 6.07) is 23.7. The number of carbonyl (C=O) groups excluding carboxylic acids is 2. The van der Waals surface area contributed by atoms with Gasteiger partial charge in [-0.25, -0.2) is 4.79 Å². The molecule has 1 aliphatic carbocycles.